The Kier molecular flexibility index (Phi) is 4.95. The van der Waals surface area contributed by atoms with Crippen molar-refractivity contribution >= 4 is 11.3 Å². The van der Waals surface area contributed by atoms with E-state index in [-0.39, 0.29) is 0 Å². The smallest absolute Gasteiger partial charge is 0.0794 e. The second-order valence-electron chi connectivity index (χ2n) is 4.97. The normalized spacial score (nSPS) is 24.3. The molecule has 17 heavy (non-hydrogen) atoms. The summed E-state index contributed by atoms with van der Waals surface area (Å²) in [5.41, 5.74) is 3.50. The Balaban J connectivity index is 1.69. The van der Waals surface area contributed by atoms with Crippen LogP contribution in [0.4, 0.5) is 0 Å². The van der Waals surface area contributed by atoms with Gasteiger partial charge in [-0.2, -0.15) is 0 Å². The van der Waals surface area contributed by atoms with Crippen LogP contribution in [0.1, 0.15) is 38.3 Å². The van der Waals surface area contributed by atoms with Crippen LogP contribution in [-0.2, 0) is 6.42 Å². The maximum absolute atomic E-state index is 4.30. The molecule has 0 aliphatic carbocycles. The minimum Gasteiger partial charge on any atom is -0.315 e. The van der Waals surface area contributed by atoms with Gasteiger partial charge >= 0.3 is 0 Å². The molecular weight excluding hydrogens is 230 g/mol. The summed E-state index contributed by atoms with van der Waals surface area (Å²) in [6.45, 7) is 5.60. The first-order valence-corrected chi connectivity index (χ1v) is 7.62. The Hall–Kier alpha value is -0.450. The molecule has 0 amide bonds. The second kappa shape index (κ2) is 6.47. The molecule has 2 rings (SSSR count). The molecule has 2 N–H and O–H groups in total. The third-order valence-corrected chi connectivity index (χ3v) is 4.20. The molecule has 1 unspecified atom stereocenters. The summed E-state index contributed by atoms with van der Waals surface area (Å²) < 4.78 is 0. The second-order valence-corrected chi connectivity index (χ2v) is 5.69. The number of rotatable bonds is 7. The van der Waals surface area contributed by atoms with Gasteiger partial charge in [-0.25, -0.2) is 4.98 Å². The Morgan fingerprint density at radius 1 is 1.59 bits per heavy atom. The van der Waals surface area contributed by atoms with Gasteiger partial charge < -0.3 is 10.6 Å². The van der Waals surface area contributed by atoms with Crippen LogP contribution in [0.25, 0.3) is 0 Å². The van der Waals surface area contributed by atoms with E-state index in [0.717, 1.165) is 19.5 Å². The maximum atomic E-state index is 4.30. The Morgan fingerprint density at radius 2 is 2.53 bits per heavy atom. The van der Waals surface area contributed by atoms with E-state index in [0.29, 0.717) is 5.54 Å². The summed E-state index contributed by atoms with van der Waals surface area (Å²) >= 11 is 1.68. The topological polar surface area (TPSA) is 37.0 Å². The lowest BCUT2D eigenvalue weighted by molar-refractivity contribution is 0.326. The van der Waals surface area contributed by atoms with Crippen molar-refractivity contribution in [2.45, 2.75) is 44.6 Å². The van der Waals surface area contributed by atoms with Gasteiger partial charge in [0, 0.05) is 30.4 Å². The standard InChI is InChI=1S/C13H23N3S/c1-2-5-13(6-3-7-16-13)10-14-8-4-12-9-17-11-15-12/h9,11,14,16H,2-8,10H2,1H3. The maximum Gasteiger partial charge on any atom is 0.0794 e. The highest BCUT2D eigenvalue weighted by Crippen LogP contribution is 2.23. The fourth-order valence-corrected chi connectivity index (χ4v) is 3.30. The summed E-state index contributed by atoms with van der Waals surface area (Å²) in [7, 11) is 0. The zero-order valence-corrected chi connectivity index (χ0v) is 11.5. The average Bonchev–Trinajstić information content (AvgIpc) is 2.97. The third-order valence-electron chi connectivity index (χ3n) is 3.57. The zero-order chi connectivity index (χ0) is 12.0. The SMILES string of the molecule is CCCC1(CNCCc2cscn2)CCCN1. The molecule has 1 aliphatic heterocycles. The average molecular weight is 253 g/mol. The molecular formula is C13H23N3S. The summed E-state index contributed by atoms with van der Waals surface area (Å²) in [5, 5.41) is 9.42. The number of aromatic nitrogens is 1. The van der Waals surface area contributed by atoms with E-state index >= 15 is 0 Å². The molecule has 0 saturated carbocycles. The number of thiazole rings is 1. The van der Waals surface area contributed by atoms with Crippen LogP contribution in [0.2, 0.25) is 0 Å². The molecule has 1 aliphatic rings. The molecule has 0 spiro atoms. The van der Waals surface area contributed by atoms with Crippen molar-refractivity contribution in [3.8, 4) is 0 Å². The Labute approximate surface area is 108 Å². The molecule has 96 valence electrons. The molecule has 2 heterocycles. The highest BCUT2D eigenvalue weighted by Gasteiger charge is 2.31. The third kappa shape index (κ3) is 3.76. The zero-order valence-electron chi connectivity index (χ0n) is 10.7. The van der Waals surface area contributed by atoms with Gasteiger partial charge in [-0.3, -0.25) is 0 Å². The first kappa shape index (κ1) is 13.0. The predicted molar refractivity (Wildman–Crippen MR) is 73.6 cm³/mol. The molecule has 1 aromatic heterocycles. The van der Waals surface area contributed by atoms with E-state index in [1.165, 1.54) is 37.9 Å². The molecule has 1 saturated heterocycles. The van der Waals surface area contributed by atoms with E-state index in [4.69, 9.17) is 0 Å². The van der Waals surface area contributed by atoms with Crippen LogP contribution in [0, 0.1) is 0 Å². The van der Waals surface area contributed by atoms with E-state index in [1.54, 1.807) is 11.3 Å². The monoisotopic (exact) mass is 253 g/mol. The van der Waals surface area contributed by atoms with Gasteiger partial charge in [-0.15, -0.1) is 11.3 Å². The highest BCUT2D eigenvalue weighted by molar-refractivity contribution is 7.07. The molecule has 0 bridgehead atoms. The van der Waals surface area contributed by atoms with Gasteiger partial charge in [0.15, 0.2) is 0 Å². The lowest BCUT2D eigenvalue weighted by atomic mass is 9.92. The fourth-order valence-electron chi connectivity index (χ4n) is 2.71. The van der Waals surface area contributed by atoms with Crippen molar-refractivity contribution < 1.29 is 0 Å². The summed E-state index contributed by atoms with van der Waals surface area (Å²) in [6.07, 6.45) is 6.25. The molecule has 4 heteroatoms. The molecule has 1 fully saturated rings. The molecule has 1 aromatic rings. The number of hydrogen-bond acceptors (Lipinski definition) is 4. The van der Waals surface area contributed by atoms with E-state index in [9.17, 15) is 0 Å². The van der Waals surface area contributed by atoms with Gasteiger partial charge in [-0.1, -0.05) is 13.3 Å². The van der Waals surface area contributed by atoms with Crippen molar-refractivity contribution in [3.05, 3.63) is 16.6 Å². The minimum absolute atomic E-state index is 0.372. The minimum atomic E-state index is 0.372. The van der Waals surface area contributed by atoms with Gasteiger partial charge in [0.2, 0.25) is 0 Å². The van der Waals surface area contributed by atoms with Gasteiger partial charge in [-0.05, 0) is 25.8 Å². The first-order chi connectivity index (χ1) is 8.35. The number of hydrogen-bond donors (Lipinski definition) is 2. The number of nitrogens with one attached hydrogen (secondary N) is 2. The van der Waals surface area contributed by atoms with Crippen LogP contribution in [0.15, 0.2) is 10.9 Å². The van der Waals surface area contributed by atoms with Gasteiger partial charge in [0.1, 0.15) is 0 Å². The molecule has 0 aromatic carbocycles. The predicted octanol–water partition coefficient (Wildman–Crippen LogP) is 2.20. The van der Waals surface area contributed by atoms with Crippen molar-refractivity contribution in [1.82, 2.24) is 15.6 Å². The van der Waals surface area contributed by atoms with Crippen LogP contribution < -0.4 is 10.6 Å². The van der Waals surface area contributed by atoms with E-state index < -0.39 is 0 Å². The summed E-state index contributed by atoms with van der Waals surface area (Å²) in [6, 6.07) is 0. The van der Waals surface area contributed by atoms with Crippen molar-refractivity contribution in [2.24, 2.45) is 0 Å². The van der Waals surface area contributed by atoms with Gasteiger partial charge in [0.05, 0.1) is 11.2 Å². The van der Waals surface area contributed by atoms with Crippen LogP contribution in [0.3, 0.4) is 0 Å². The quantitative estimate of drug-likeness (QED) is 0.732. The lowest BCUT2D eigenvalue weighted by Crippen LogP contribution is -2.48. The molecule has 0 radical (unpaired) electrons. The molecule has 3 nitrogen and oxygen atoms in total. The van der Waals surface area contributed by atoms with E-state index in [2.05, 4.69) is 27.9 Å². The van der Waals surface area contributed by atoms with Crippen molar-refractivity contribution in [1.29, 1.82) is 0 Å². The van der Waals surface area contributed by atoms with Crippen molar-refractivity contribution in [3.63, 3.8) is 0 Å². The summed E-state index contributed by atoms with van der Waals surface area (Å²) in [5.74, 6) is 0. The molecule has 1 atom stereocenters. The largest absolute Gasteiger partial charge is 0.315 e. The van der Waals surface area contributed by atoms with Crippen LogP contribution in [-0.4, -0.2) is 30.2 Å². The number of nitrogens with zero attached hydrogens (tertiary/aromatic N) is 1. The Bertz CT molecular complexity index is 304. The summed E-state index contributed by atoms with van der Waals surface area (Å²) in [4.78, 5) is 4.30. The highest BCUT2D eigenvalue weighted by atomic mass is 32.1. The Morgan fingerprint density at radius 3 is 3.18 bits per heavy atom. The van der Waals surface area contributed by atoms with Crippen LogP contribution >= 0.6 is 11.3 Å². The van der Waals surface area contributed by atoms with E-state index in [1.807, 2.05) is 5.51 Å². The fraction of sp³-hybridized carbons (Fsp3) is 0.769. The lowest BCUT2D eigenvalue weighted by Gasteiger charge is -2.29. The van der Waals surface area contributed by atoms with Crippen LogP contribution in [0.5, 0.6) is 0 Å². The van der Waals surface area contributed by atoms with Gasteiger partial charge in [0.25, 0.3) is 0 Å². The first-order valence-electron chi connectivity index (χ1n) is 6.67. The van der Waals surface area contributed by atoms with Crippen molar-refractivity contribution in [2.75, 3.05) is 19.6 Å².